The molecule has 1 saturated carbocycles. The lowest BCUT2D eigenvalue weighted by Gasteiger charge is -2.26. The first-order valence-electron chi connectivity index (χ1n) is 8.10. The number of nitrogens with zero attached hydrogens (tertiary/aromatic N) is 1. The zero-order valence-corrected chi connectivity index (χ0v) is 13.6. The van der Waals surface area contributed by atoms with Crippen LogP contribution in [0.4, 0.5) is 17.6 Å². The number of nitriles is 1. The summed E-state index contributed by atoms with van der Waals surface area (Å²) in [5, 5.41) is 8.32. The fourth-order valence-corrected chi connectivity index (χ4v) is 2.79. The van der Waals surface area contributed by atoms with E-state index in [2.05, 4.69) is 0 Å². The average molecular weight is 353 g/mol. The Morgan fingerprint density at radius 2 is 1.80 bits per heavy atom. The fourth-order valence-electron chi connectivity index (χ4n) is 2.79. The highest BCUT2D eigenvalue weighted by Crippen LogP contribution is 2.30. The van der Waals surface area contributed by atoms with E-state index < -0.39 is 17.6 Å². The van der Waals surface area contributed by atoms with Crippen molar-refractivity contribution < 1.29 is 22.3 Å². The second kappa shape index (κ2) is 8.82. The molecule has 0 aromatic heterocycles. The van der Waals surface area contributed by atoms with Crippen LogP contribution in [-0.4, -0.2) is 6.10 Å². The zero-order valence-electron chi connectivity index (χ0n) is 13.6. The predicted molar refractivity (Wildman–Crippen MR) is 85.9 cm³/mol. The minimum atomic E-state index is -4.32. The van der Waals surface area contributed by atoms with Crippen molar-refractivity contribution in [3.05, 3.63) is 59.4 Å². The molecule has 1 fully saturated rings. The molecule has 0 saturated heterocycles. The van der Waals surface area contributed by atoms with E-state index in [1.165, 1.54) is 18.2 Å². The van der Waals surface area contributed by atoms with Crippen LogP contribution in [-0.2, 0) is 17.5 Å². The molecular weight excluding hydrogens is 334 g/mol. The van der Waals surface area contributed by atoms with Gasteiger partial charge >= 0.3 is 6.18 Å². The van der Waals surface area contributed by atoms with E-state index in [1.54, 1.807) is 6.08 Å². The van der Waals surface area contributed by atoms with Crippen LogP contribution < -0.4 is 0 Å². The van der Waals surface area contributed by atoms with Gasteiger partial charge in [0.1, 0.15) is 6.07 Å². The van der Waals surface area contributed by atoms with E-state index in [9.17, 15) is 17.6 Å². The van der Waals surface area contributed by atoms with Crippen molar-refractivity contribution in [3.63, 3.8) is 0 Å². The van der Waals surface area contributed by atoms with Gasteiger partial charge in [0.25, 0.3) is 0 Å². The number of hydrogen-bond donors (Lipinski definition) is 0. The minimum Gasteiger partial charge on any atom is -0.374 e. The van der Waals surface area contributed by atoms with Crippen molar-refractivity contribution in [1.29, 1.82) is 5.26 Å². The zero-order chi connectivity index (χ0) is 18.3. The van der Waals surface area contributed by atoms with Gasteiger partial charge in [-0.25, -0.2) is 0 Å². The Labute approximate surface area is 144 Å². The van der Waals surface area contributed by atoms with Crippen LogP contribution >= 0.6 is 0 Å². The molecule has 0 radical (unpaired) electrons. The molecule has 0 bridgehead atoms. The molecule has 2 nitrogen and oxygen atoms in total. The Balaban J connectivity index is 1.74. The van der Waals surface area contributed by atoms with Gasteiger partial charge in [-0.15, -0.1) is 0 Å². The maximum absolute atomic E-state index is 12.7. The molecular formula is C19H19F4NO. The van der Waals surface area contributed by atoms with Gasteiger partial charge in [-0.1, -0.05) is 24.3 Å². The van der Waals surface area contributed by atoms with E-state index in [1.807, 2.05) is 6.08 Å². The predicted octanol–water partition coefficient (Wildman–Crippen LogP) is 5.71. The van der Waals surface area contributed by atoms with Gasteiger partial charge in [-0.2, -0.15) is 22.8 Å². The van der Waals surface area contributed by atoms with Crippen molar-refractivity contribution >= 4 is 0 Å². The molecule has 1 aliphatic carbocycles. The fraction of sp³-hybridized carbons (Fsp3) is 0.421. The van der Waals surface area contributed by atoms with Crippen LogP contribution in [0.25, 0.3) is 0 Å². The standard InChI is InChI=1S/C19H19F4NO/c20-17(12-24)3-1-2-14-6-10-18(11-7-14)25-13-15-4-8-16(9-5-15)19(21,22)23/h1-5,8-9,14,18H,6-7,10-11,13H2/b2-1+,17-3-. The number of ether oxygens (including phenoxy) is 1. The lowest BCUT2D eigenvalue weighted by Crippen LogP contribution is -2.20. The van der Waals surface area contributed by atoms with Gasteiger partial charge in [0.05, 0.1) is 18.3 Å². The summed E-state index contributed by atoms with van der Waals surface area (Å²) in [6.45, 7) is 0.291. The largest absolute Gasteiger partial charge is 0.416 e. The summed E-state index contributed by atoms with van der Waals surface area (Å²) in [6, 6.07) is 6.42. The van der Waals surface area contributed by atoms with Gasteiger partial charge in [-0.3, -0.25) is 0 Å². The number of benzene rings is 1. The van der Waals surface area contributed by atoms with Gasteiger partial charge in [0.2, 0.25) is 0 Å². The van der Waals surface area contributed by atoms with Crippen molar-refractivity contribution in [2.45, 2.75) is 44.6 Å². The first kappa shape index (κ1) is 19.2. The molecule has 1 aromatic carbocycles. The SMILES string of the molecule is N#C/C(F)=C/C=C/C1CCC(OCc2ccc(C(F)(F)F)cc2)CC1. The van der Waals surface area contributed by atoms with E-state index in [0.717, 1.165) is 43.9 Å². The quantitative estimate of drug-likeness (QED) is 0.386. The van der Waals surface area contributed by atoms with Crippen molar-refractivity contribution in [3.8, 4) is 6.07 Å². The van der Waals surface area contributed by atoms with Crippen LogP contribution in [0.2, 0.25) is 0 Å². The van der Waals surface area contributed by atoms with Crippen molar-refractivity contribution in [2.24, 2.45) is 5.92 Å². The summed E-state index contributed by atoms with van der Waals surface area (Å²) in [6.07, 6.45) is 3.85. The number of alkyl halides is 3. The summed E-state index contributed by atoms with van der Waals surface area (Å²) < 4.78 is 56.0. The van der Waals surface area contributed by atoms with Gasteiger partial charge in [-0.05, 0) is 55.4 Å². The van der Waals surface area contributed by atoms with E-state index in [-0.39, 0.29) is 6.10 Å². The minimum absolute atomic E-state index is 0.0818. The maximum atomic E-state index is 12.7. The first-order valence-corrected chi connectivity index (χ1v) is 8.10. The average Bonchev–Trinajstić information content (AvgIpc) is 2.60. The van der Waals surface area contributed by atoms with Gasteiger partial charge < -0.3 is 4.74 Å². The molecule has 25 heavy (non-hydrogen) atoms. The highest BCUT2D eigenvalue weighted by molar-refractivity contribution is 5.24. The molecule has 0 heterocycles. The Morgan fingerprint density at radius 1 is 1.16 bits per heavy atom. The Kier molecular flexibility index (Phi) is 6.77. The third-order valence-corrected chi connectivity index (χ3v) is 4.22. The normalized spacial score (nSPS) is 22.1. The monoisotopic (exact) mass is 353 g/mol. The summed E-state index contributed by atoms with van der Waals surface area (Å²) >= 11 is 0. The third kappa shape index (κ3) is 6.35. The molecule has 6 heteroatoms. The van der Waals surface area contributed by atoms with E-state index in [0.29, 0.717) is 18.1 Å². The van der Waals surface area contributed by atoms with Crippen LogP contribution in [0.1, 0.15) is 36.8 Å². The van der Waals surface area contributed by atoms with E-state index >= 15 is 0 Å². The lowest BCUT2D eigenvalue weighted by atomic mass is 9.87. The smallest absolute Gasteiger partial charge is 0.374 e. The Morgan fingerprint density at radius 3 is 2.36 bits per heavy atom. The highest BCUT2D eigenvalue weighted by atomic mass is 19.4. The Hall–Kier alpha value is -2.13. The molecule has 0 N–H and O–H groups in total. The van der Waals surface area contributed by atoms with E-state index in [4.69, 9.17) is 10.00 Å². The summed E-state index contributed by atoms with van der Waals surface area (Å²) in [4.78, 5) is 0. The molecule has 0 spiro atoms. The number of hydrogen-bond acceptors (Lipinski definition) is 2. The highest BCUT2D eigenvalue weighted by Gasteiger charge is 2.30. The molecule has 134 valence electrons. The van der Waals surface area contributed by atoms with Crippen molar-refractivity contribution in [2.75, 3.05) is 0 Å². The molecule has 0 unspecified atom stereocenters. The first-order chi connectivity index (χ1) is 11.9. The third-order valence-electron chi connectivity index (χ3n) is 4.22. The number of allylic oxidation sites excluding steroid dienone is 4. The van der Waals surface area contributed by atoms with Crippen LogP contribution in [0.3, 0.4) is 0 Å². The van der Waals surface area contributed by atoms with Gasteiger partial charge in [0, 0.05) is 0 Å². The van der Waals surface area contributed by atoms with Crippen LogP contribution in [0.5, 0.6) is 0 Å². The number of halogens is 4. The maximum Gasteiger partial charge on any atom is 0.416 e. The summed E-state index contributed by atoms with van der Waals surface area (Å²) in [5.74, 6) is -0.488. The second-order valence-electron chi connectivity index (χ2n) is 6.05. The molecule has 0 aliphatic heterocycles. The topological polar surface area (TPSA) is 33.0 Å². The Bertz CT molecular complexity index is 647. The lowest BCUT2D eigenvalue weighted by molar-refractivity contribution is -0.137. The molecule has 0 atom stereocenters. The van der Waals surface area contributed by atoms with Gasteiger partial charge in [0.15, 0.2) is 5.83 Å². The summed E-state index contributed by atoms with van der Waals surface area (Å²) in [7, 11) is 0. The molecule has 0 amide bonds. The van der Waals surface area contributed by atoms with Crippen LogP contribution in [0, 0.1) is 17.2 Å². The summed E-state index contributed by atoms with van der Waals surface area (Å²) in [5.41, 5.74) is 0.0533. The molecule has 2 rings (SSSR count). The second-order valence-corrected chi connectivity index (χ2v) is 6.05. The van der Waals surface area contributed by atoms with Crippen LogP contribution in [0.15, 0.2) is 48.3 Å². The molecule has 1 aliphatic rings. The molecule has 1 aromatic rings. The number of rotatable bonds is 5. The van der Waals surface area contributed by atoms with Crippen molar-refractivity contribution in [1.82, 2.24) is 0 Å².